The third-order valence-electron chi connectivity index (χ3n) is 0.750. The molecule has 0 atom stereocenters. The van der Waals surface area contributed by atoms with E-state index in [0.717, 1.165) is 0 Å². The molecule has 0 saturated heterocycles. The molecule has 0 aliphatic rings. The van der Waals surface area contributed by atoms with Crippen molar-refractivity contribution < 1.29 is 0 Å². The molecule has 58 valence electrons. The predicted octanol–water partition coefficient (Wildman–Crippen LogP) is 1.48. The molecule has 1 nitrogen and oxygen atoms in total. The first-order chi connectivity index (χ1) is 3.71. The molecule has 11 heavy (non-hydrogen) atoms. The molecule has 2 radical (unpaired) electrons. The zero-order valence-corrected chi connectivity index (χ0v) is 14.6. The van der Waals surface area contributed by atoms with Crippen LogP contribution in [0.5, 0.6) is 0 Å². The summed E-state index contributed by atoms with van der Waals surface area (Å²) < 4.78 is 3.74. The second kappa shape index (κ2) is 6.99. The summed E-state index contributed by atoms with van der Waals surface area (Å²) >= 11 is 0. The predicted molar refractivity (Wildman–Crippen MR) is 61.3 cm³/mol. The summed E-state index contributed by atoms with van der Waals surface area (Å²) in [4.78, 5) is 0. The van der Waals surface area contributed by atoms with Crippen LogP contribution in [0.1, 0.15) is 0 Å². The van der Waals surface area contributed by atoms with Gasteiger partial charge < -0.3 is 4.65 Å². The van der Waals surface area contributed by atoms with Crippen LogP contribution in [-0.4, -0.2) is 86.7 Å². The average molecular weight is 207 g/mol. The molecular weight excluding hydrogens is 188 g/mol. The number of hydrogen-bond donors (Lipinski definition) is 1. The van der Waals surface area contributed by atoms with Crippen LogP contribution in [0.3, 0.4) is 0 Å². The van der Waals surface area contributed by atoms with Gasteiger partial charge in [0.2, 0.25) is 0 Å². The van der Waals surface area contributed by atoms with Crippen molar-refractivity contribution in [3.63, 3.8) is 0 Å². The van der Waals surface area contributed by atoms with E-state index in [9.17, 15) is 0 Å². The minimum atomic E-state index is -0.981. The molecular formula is C6H19KLiNSi2. The number of hydrogen-bond acceptors (Lipinski definition) is 1. The first-order valence-corrected chi connectivity index (χ1v) is 10.5. The first kappa shape index (κ1) is 19.2. The summed E-state index contributed by atoms with van der Waals surface area (Å²) in [5.41, 5.74) is 0. The van der Waals surface area contributed by atoms with Crippen LogP contribution < -0.4 is 4.65 Å². The summed E-state index contributed by atoms with van der Waals surface area (Å²) in [7, 11) is -1.96. The summed E-state index contributed by atoms with van der Waals surface area (Å²) in [5, 5.41) is 0. The van der Waals surface area contributed by atoms with Gasteiger partial charge in [0.05, 0.1) is 0 Å². The van der Waals surface area contributed by atoms with Crippen LogP contribution in [-0.2, 0) is 0 Å². The number of nitrogens with one attached hydrogen (secondary N) is 1. The van der Waals surface area contributed by atoms with Gasteiger partial charge in [0.15, 0.2) is 0 Å². The SMILES string of the molecule is C[Si](C)(C)N[Si](C)(C)C.[K].[Li]. The minimum absolute atomic E-state index is 0. The van der Waals surface area contributed by atoms with Crippen molar-refractivity contribution in [3.8, 4) is 0 Å². The molecule has 1 N–H and O–H groups in total. The van der Waals surface area contributed by atoms with Gasteiger partial charge in [0, 0.05) is 70.2 Å². The van der Waals surface area contributed by atoms with Crippen LogP contribution in [0.25, 0.3) is 0 Å². The molecule has 0 heterocycles. The third kappa shape index (κ3) is 19.2. The first-order valence-electron chi connectivity index (χ1n) is 3.50. The smallest absolute Gasteiger partial charge is 0.109 e. The molecule has 5 heteroatoms. The molecule has 0 unspecified atom stereocenters. The maximum Gasteiger partial charge on any atom is 0.109 e. The quantitative estimate of drug-likeness (QED) is 0.677. The molecule has 0 aromatic rings. The number of rotatable bonds is 2. The summed E-state index contributed by atoms with van der Waals surface area (Å²) in [6.07, 6.45) is 0. The van der Waals surface area contributed by atoms with Gasteiger partial charge in [-0.15, -0.1) is 0 Å². The Balaban J connectivity index is -0.000000320. The maximum atomic E-state index is 3.74. The van der Waals surface area contributed by atoms with Crippen LogP contribution in [0.2, 0.25) is 39.3 Å². The summed E-state index contributed by atoms with van der Waals surface area (Å²) in [6, 6.07) is 0. The topological polar surface area (TPSA) is 12.0 Å². The zero-order chi connectivity index (χ0) is 7.71. The van der Waals surface area contributed by atoms with E-state index in [4.69, 9.17) is 0 Å². The molecule has 0 fully saturated rings. The Hall–Kier alpha value is 2.63. The Kier molecular flexibility index (Phi) is 12.2. The fraction of sp³-hybridized carbons (Fsp3) is 1.00. The molecule has 0 rings (SSSR count). The van der Waals surface area contributed by atoms with E-state index in [2.05, 4.69) is 43.9 Å². The van der Waals surface area contributed by atoms with E-state index in [1.807, 2.05) is 0 Å². The van der Waals surface area contributed by atoms with Gasteiger partial charge in [-0.25, -0.2) is 0 Å². The summed E-state index contributed by atoms with van der Waals surface area (Å²) in [6.45, 7) is 14.1. The second-order valence-corrected chi connectivity index (χ2v) is 14.6. The van der Waals surface area contributed by atoms with Crippen LogP contribution >= 0.6 is 0 Å². The van der Waals surface area contributed by atoms with E-state index >= 15 is 0 Å². The van der Waals surface area contributed by atoms with Gasteiger partial charge in [-0.05, 0) is 0 Å². The van der Waals surface area contributed by atoms with Crippen molar-refractivity contribution in [1.82, 2.24) is 4.65 Å². The molecule has 0 spiro atoms. The largest absolute Gasteiger partial charge is 0.360 e. The molecule has 0 aromatic heterocycles. The van der Waals surface area contributed by atoms with E-state index in [0.29, 0.717) is 0 Å². The second-order valence-electron chi connectivity index (χ2n) is 4.62. The van der Waals surface area contributed by atoms with Gasteiger partial charge in [-0.1, -0.05) is 39.3 Å². The third-order valence-corrected chi connectivity index (χ3v) is 6.75. The Morgan fingerprint density at radius 1 is 0.727 bits per heavy atom. The Morgan fingerprint density at radius 3 is 0.909 bits per heavy atom. The average Bonchev–Trinajstić information content (AvgIpc) is 1.14. The van der Waals surface area contributed by atoms with Crippen LogP contribution in [0, 0.1) is 0 Å². The zero-order valence-electron chi connectivity index (χ0n) is 9.50. The van der Waals surface area contributed by atoms with E-state index in [1.165, 1.54) is 0 Å². The monoisotopic (exact) mass is 207 g/mol. The maximum absolute atomic E-state index is 3.74. The van der Waals surface area contributed by atoms with Gasteiger partial charge in [0.25, 0.3) is 0 Å². The van der Waals surface area contributed by atoms with Crippen molar-refractivity contribution in [2.75, 3.05) is 0 Å². The van der Waals surface area contributed by atoms with Crippen LogP contribution in [0.4, 0.5) is 0 Å². The van der Waals surface area contributed by atoms with Crippen molar-refractivity contribution in [3.05, 3.63) is 0 Å². The fourth-order valence-corrected chi connectivity index (χ4v) is 10.1. The molecule has 0 bridgehead atoms. The van der Waals surface area contributed by atoms with Crippen LogP contribution in [0.15, 0.2) is 0 Å². The normalized spacial score (nSPS) is 11.5. The Morgan fingerprint density at radius 2 is 0.909 bits per heavy atom. The van der Waals surface area contributed by atoms with Gasteiger partial charge in [-0.3, -0.25) is 0 Å². The fourth-order valence-electron chi connectivity index (χ4n) is 1.12. The Bertz CT molecular complexity index is 85.7. The van der Waals surface area contributed by atoms with Gasteiger partial charge in [0.1, 0.15) is 16.5 Å². The molecule has 0 saturated carbocycles. The van der Waals surface area contributed by atoms with Gasteiger partial charge in [-0.2, -0.15) is 0 Å². The van der Waals surface area contributed by atoms with Gasteiger partial charge >= 0.3 is 0 Å². The summed E-state index contributed by atoms with van der Waals surface area (Å²) in [5.74, 6) is 0. The Labute approximate surface area is 128 Å². The van der Waals surface area contributed by atoms with Crippen molar-refractivity contribution >= 4 is 86.7 Å². The molecule has 0 aromatic carbocycles. The molecule has 0 aliphatic heterocycles. The van der Waals surface area contributed by atoms with Crippen molar-refractivity contribution in [1.29, 1.82) is 0 Å². The van der Waals surface area contributed by atoms with Crippen molar-refractivity contribution in [2.24, 2.45) is 0 Å². The molecule has 0 aliphatic carbocycles. The molecule has 0 amide bonds. The minimum Gasteiger partial charge on any atom is -0.360 e. The van der Waals surface area contributed by atoms with Crippen molar-refractivity contribution in [2.45, 2.75) is 39.3 Å². The van der Waals surface area contributed by atoms with E-state index < -0.39 is 16.5 Å². The van der Waals surface area contributed by atoms with E-state index in [-0.39, 0.29) is 70.2 Å². The standard InChI is InChI=1S/C6H19NSi2.K.Li/c1-8(2,3)7-9(4,5)6;;/h7H,1-6H3;;. The van der Waals surface area contributed by atoms with E-state index in [1.54, 1.807) is 0 Å².